The van der Waals surface area contributed by atoms with Gasteiger partial charge in [0.2, 0.25) is 5.91 Å². The number of carboxylic acid groups (broad SMARTS) is 1. The highest BCUT2D eigenvalue weighted by Crippen LogP contribution is 2.09. The van der Waals surface area contributed by atoms with Gasteiger partial charge in [-0.25, -0.2) is 4.79 Å². The van der Waals surface area contributed by atoms with Crippen molar-refractivity contribution in [2.45, 2.75) is 37.8 Å². The molecule has 74 valence electrons. The number of nitrogens with one attached hydrogen (secondary N) is 1. The zero-order valence-electron chi connectivity index (χ0n) is 7.32. The fourth-order valence-electron chi connectivity index (χ4n) is 1.38. The number of carbonyl (C=O) groups is 2. The molecule has 0 aliphatic carbocycles. The Labute approximate surface area is 76.3 Å². The molecule has 0 aromatic carbocycles. The summed E-state index contributed by atoms with van der Waals surface area (Å²) >= 11 is 0. The monoisotopic (exact) mass is 186 g/mol. The molecule has 1 saturated heterocycles. The molecule has 5 heteroatoms. The van der Waals surface area contributed by atoms with Crippen LogP contribution in [0.25, 0.3) is 0 Å². The van der Waals surface area contributed by atoms with Gasteiger partial charge in [0.05, 0.1) is 6.04 Å². The van der Waals surface area contributed by atoms with E-state index in [4.69, 9.17) is 10.8 Å². The van der Waals surface area contributed by atoms with E-state index in [1.807, 2.05) is 0 Å². The Morgan fingerprint density at radius 2 is 2.08 bits per heavy atom. The van der Waals surface area contributed by atoms with Crippen molar-refractivity contribution in [3.8, 4) is 0 Å². The van der Waals surface area contributed by atoms with Crippen molar-refractivity contribution in [1.29, 1.82) is 0 Å². The SMILES string of the molecule is N[C@H]1CCCC[C@@H](C(=O)O)NC1=O. The van der Waals surface area contributed by atoms with E-state index in [2.05, 4.69) is 5.32 Å². The zero-order valence-corrected chi connectivity index (χ0v) is 7.32. The second-order valence-electron chi connectivity index (χ2n) is 3.29. The lowest BCUT2D eigenvalue weighted by atomic mass is 10.0. The third-order valence-corrected chi connectivity index (χ3v) is 2.21. The molecular weight excluding hydrogens is 172 g/mol. The molecule has 0 radical (unpaired) electrons. The van der Waals surface area contributed by atoms with Gasteiger partial charge >= 0.3 is 5.97 Å². The molecule has 1 fully saturated rings. The maximum Gasteiger partial charge on any atom is 0.326 e. The van der Waals surface area contributed by atoms with Crippen LogP contribution in [-0.2, 0) is 9.59 Å². The Hall–Kier alpha value is -1.10. The molecule has 13 heavy (non-hydrogen) atoms. The summed E-state index contributed by atoms with van der Waals surface area (Å²) in [6, 6.07) is -1.32. The molecular formula is C8H14N2O3. The van der Waals surface area contributed by atoms with Gasteiger partial charge in [0, 0.05) is 0 Å². The van der Waals surface area contributed by atoms with Crippen molar-refractivity contribution < 1.29 is 14.7 Å². The summed E-state index contributed by atoms with van der Waals surface area (Å²) in [6.45, 7) is 0. The summed E-state index contributed by atoms with van der Waals surface area (Å²) in [5.74, 6) is -1.34. The number of carboxylic acids is 1. The highest BCUT2D eigenvalue weighted by atomic mass is 16.4. The van der Waals surface area contributed by atoms with Gasteiger partial charge in [-0.3, -0.25) is 4.79 Å². The second-order valence-corrected chi connectivity index (χ2v) is 3.29. The van der Waals surface area contributed by atoms with Gasteiger partial charge in [0.15, 0.2) is 0 Å². The van der Waals surface area contributed by atoms with Crippen molar-refractivity contribution in [1.82, 2.24) is 5.32 Å². The fraction of sp³-hybridized carbons (Fsp3) is 0.750. The highest BCUT2D eigenvalue weighted by Gasteiger charge is 2.24. The van der Waals surface area contributed by atoms with Crippen LogP contribution in [0.4, 0.5) is 0 Å². The maximum atomic E-state index is 11.2. The van der Waals surface area contributed by atoms with Gasteiger partial charge in [-0.1, -0.05) is 12.8 Å². The number of amides is 1. The van der Waals surface area contributed by atoms with E-state index in [9.17, 15) is 9.59 Å². The minimum Gasteiger partial charge on any atom is -0.480 e. The largest absolute Gasteiger partial charge is 0.480 e. The molecule has 0 spiro atoms. The molecule has 0 bridgehead atoms. The number of aliphatic carboxylic acids is 1. The van der Waals surface area contributed by atoms with Crippen molar-refractivity contribution >= 4 is 11.9 Å². The maximum absolute atomic E-state index is 11.2. The minimum absolute atomic E-state index is 0.355. The second kappa shape index (κ2) is 4.23. The first-order valence-electron chi connectivity index (χ1n) is 4.40. The van der Waals surface area contributed by atoms with E-state index < -0.39 is 18.1 Å². The quantitative estimate of drug-likeness (QED) is 0.512. The summed E-state index contributed by atoms with van der Waals surface area (Å²) in [7, 11) is 0. The molecule has 1 aliphatic rings. The third kappa shape index (κ3) is 2.69. The van der Waals surface area contributed by atoms with Crippen LogP contribution in [0.15, 0.2) is 0 Å². The van der Waals surface area contributed by atoms with Gasteiger partial charge in [-0.05, 0) is 12.8 Å². The van der Waals surface area contributed by atoms with Gasteiger partial charge in [-0.15, -0.1) is 0 Å². The molecule has 1 heterocycles. The lowest BCUT2D eigenvalue weighted by Crippen LogP contribution is -2.49. The molecule has 1 amide bonds. The Morgan fingerprint density at radius 3 is 2.69 bits per heavy atom. The average Bonchev–Trinajstić information content (AvgIpc) is 2.06. The third-order valence-electron chi connectivity index (χ3n) is 2.21. The number of hydrogen-bond acceptors (Lipinski definition) is 3. The lowest BCUT2D eigenvalue weighted by Gasteiger charge is -2.20. The van der Waals surface area contributed by atoms with Crippen LogP contribution in [0.1, 0.15) is 25.7 Å². The molecule has 0 saturated carbocycles. The summed E-state index contributed by atoms with van der Waals surface area (Å²) in [5.41, 5.74) is 5.51. The number of rotatable bonds is 1. The highest BCUT2D eigenvalue weighted by molar-refractivity contribution is 5.86. The number of hydrogen-bond donors (Lipinski definition) is 3. The van der Waals surface area contributed by atoms with Crippen LogP contribution < -0.4 is 11.1 Å². The van der Waals surface area contributed by atoms with Crippen LogP contribution in [0.5, 0.6) is 0 Å². The Morgan fingerprint density at radius 1 is 1.46 bits per heavy atom. The smallest absolute Gasteiger partial charge is 0.326 e. The molecule has 0 unspecified atom stereocenters. The summed E-state index contributed by atoms with van der Waals surface area (Å²) in [5, 5.41) is 11.1. The average molecular weight is 186 g/mol. The normalized spacial score (nSPS) is 30.1. The standard InChI is InChI=1S/C8H14N2O3/c9-5-3-1-2-4-6(8(12)13)10-7(5)11/h5-6H,1-4,9H2,(H,10,11)(H,12,13)/t5-,6-/m0/s1. The van der Waals surface area contributed by atoms with E-state index >= 15 is 0 Å². The number of carbonyl (C=O) groups excluding carboxylic acids is 1. The van der Waals surface area contributed by atoms with Crippen molar-refractivity contribution in [3.63, 3.8) is 0 Å². The topological polar surface area (TPSA) is 92.4 Å². The molecule has 1 rings (SSSR count). The molecule has 5 nitrogen and oxygen atoms in total. The van der Waals surface area contributed by atoms with Crippen LogP contribution in [0.2, 0.25) is 0 Å². The zero-order chi connectivity index (χ0) is 9.84. The van der Waals surface area contributed by atoms with Gasteiger partial charge in [0.1, 0.15) is 6.04 Å². The predicted molar refractivity (Wildman–Crippen MR) is 46.0 cm³/mol. The summed E-state index contributed by atoms with van der Waals surface area (Å²) < 4.78 is 0. The lowest BCUT2D eigenvalue weighted by molar-refractivity contribution is -0.142. The number of nitrogens with two attached hydrogens (primary N) is 1. The molecule has 0 aromatic rings. The minimum atomic E-state index is -0.984. The van der Waals surface area contributed by atoms with E-state index in [1.165, 1.54) is 0 Å². The first kappa shape index (κ1) is 9.98. The molecule has 4 N–H and O–H groups in total. The Balaban J connectivity index is 2.58. The first-order chi connectivity index (χ1) is 6.11. The Bertz CT molecular complexity index is 217. The fourth-order valence-corrected chi connectivity index (χ4v) is 1.38. The van der Waals surface area contributed by atoms with E-state index in [0.717, 1.165) is 12.8 Å². The van der Waals surface area contributed by atoms with Crippen LogP contribution in [0.3, 0.4) is 0 Å². The molecule has 0 aromatic heterocycles. The summed E-state index contributed by atoms with van der Waals surface area (Å²) in [6.07, 6.45) is 2.75. The van der Waals surface area contributed by atoms with Gasteiger partial charge in [-0.2, -0.15) is 0 Å². The van der Waals surface area contributed by atoms with Crippen LogP contribution in [0, 0.1) is 0 Å². The van der Waals surface area contributed by atoms with Crippen LogP contribution in [-0.4, -0.2) is 29.1 Å². The van der Waals surface area contributed by atoms with Crippen LogP contribution >= 0.6 is 0 Å². The van der Waals surface area contributed by atoms with Gasteiger partial charge < -0.3 is 16.2 Å². The first-order valence-corrected chi connectivity index (χ1v) is 4.40. The van der Waals surface area contributed by atoms with E-state index in [1.54, 1.807) is 0 Å². The molecule has 2 atom stereocenters. The van der Waals surface area contributed by atoms with Crippen molar-refractivity contribution in [3.05, 3.63) is 0 Å². The Kier molecular flexibility index (Phi) is 3.25. The van der Waals surface area contributed by atoms with Gasteiger partial charge in [0.25, 0.3) is 0 Å². The van der Waals surface area contributed by atoms with Crippen molar-refractivity contribution in [2.75, 3.05) is 0 Å². The van der Waals surface area contributed by atoms with E-state index in [0.29, 0.717) is 12.8 Å². The summed E-state index contributed by atoms with van der Waals surface area (Å²) in [4.78, 5) is 21.8. The predicted octanol–water partition coefficient (Wildman–Crippen LogP) is -0.543. The van der Waals surface area contributed by atoms with E-state index in [-0.39, 0.29) is 5.91 Å². The van der Waals surface area contributed by atoms with Crippen molar-refractivity contribution in [2.24, 2.45) is 5.73 Å². The molecule has 1 aliphatic heterocycles.